The minimum Gasteiger partial charge on any atom is -0.368 e. The minimum absolute atomic E-state index is 0.425. The highest BCUT2D eigenvalue weighted by molar-refractivity contribution is 5.63. The van der Waals surface area contributed by atoms with E-state index in [4.69, 9.17) is 0 Å². The van der Waals surface area contributed by atoms with Gasteiger partial charge in [0.2, 0.25) is 0 Å². The summed E-state index contributed by atoms with van der Waals surface area (Å²) >= 11 is 0. The zero-order chi connectivity index (χ0) is 17.3. The molecule has 0 bridgehead atoms. The first-order chi connectivity index (χ1) is 12.9. The third-order valence-electron chi connectivity index (χ3n) is 6.25. The molecule has 2 aliphatic heterocycles. The molecule has 130 valence electrons. The van der Waals surface area contributed by atoms with Gasteiger partial charge in [0, 0.05) is 30.1 Å². The number of benzene rings is 3. The average Bonchev–Trinajstić information content (AvgIpc) is 2.74. The molecule has 0 aromatic heterocycles. The van der Waals surface area contributed by atoms with Crippen LogP contribution in [0.1, 0.15) is 47.8 Å². The van der Waals surface area contributed by atoms with Gasteiger partial charge in [0.1, 0.15) is 0 Å². The average molecular weight is 339 g/mol. The number of fused-ring (bicyclic) bond motifs is 3. The third kappa shape index (κ3) is 2.54. The first-order valence-corrected chi connectivity index (χ1v) is 9.89. The van der Waals surface area contributed by atoms with E-state index in [0.717, 1.165) is 0 Å². The molecule has 1 fully saturated rings. The highest BCUT2D eigenvalue weighted by Gasteiger charge is 2.42. The molecule has 0 aliphatic carbocycles. The van der Waals surface area contributed by atoms with Crippen molar-refractivity contribution in [1.82, 2.24) is 0 Å². The van der Waals surface area contributed by atoms with Gasteiger partial charge >= 0.3 is 0 Å². The summed E-state index contributed by atoms with van der Waals surface area (Å²) in [6.45, 7) is 1.19. The molecule has 0 spiro atoms. The zero-order valence-electron chi connectivity index (χ0n) is 15.1. The fourth-order valence-corrected chi connectivity index (χ4v) is 5.19. The lowest BCUT2D eigenvalue weighted by Crippen LogP contribution is -2.48. The Kier molecular flexibility index (Phi) is 4.01. The predicted octanol–water partition coefficient (Wildman–Crippen LogP) is 5.97. The summed E-state index contributed by atoms with van der Waals surface area (Å²) in [7, 11) is 0. The lowest BCUT2D eigenvalue weighted by atomic mass is 9.68. The molecule has 0 amide bonds. The van der Waals surface area contributed by atoms with Gasteiger partial charge in [0.05, 0.1) is 0 Å². The van der Waals surface area contributed by atoms with Crippen molar-refractivity contribution < 1.29 is 0 Å². The summed E-state index contributed by atoms with van der Waals surface area (Å²) in [5.41, 5.74) is 5.87. The standard InChI is InChI=1S/C25H25N/c1-3-11-19(12-4-1)24-21-15-7-8-16-22(21)26-18-10-9-17-23(26)25(24)20-13-5-2-6-14-20/h1-8,11-16,23-25H,9-10,17-18H2/t23-,24+,25-/m0/s1. The molecule has 1 nitrogen and oxygen atoms in total. The maximum atomic E-state index is 2.70. The molecule has 5 rings (SSSR count). The molecule has 3 aromatic carbocycles. The van der Waals surface area contributed by atoms with Crippen molar-refractivity contribution in [1.29, 1.82) is 0 Å². The molecule has 0 saturated carbocycles. The molecule has 26 heavy (non-hydrogen) atoms. The number of hydrogen-bond donors (Lipinski definition) is 0. The monoisotopic (exact) mass is 339 g/mol. The van der Waals surface area contributed by atoms with E-state index in [2.05, 4.69) is 89.8 Å². The topological polar surface area (TPSA) is 3.24 Å². The fraction of sp³-hybridized carbons (Fsp3) is 0.280. The maximum absolute atomic E-state index is 2.70. The molecule has 2 aliphatic rings. The van der Waals surface area contributed by atoms with E-state index >= 15 is 0 Å². The molecular formula is C25H25N. The van der Waals surface area contributed by atoms with Gasteiger partial charge in [0.15, 0.2) is 0 Å². The summed E-state index contributed by atoms with van der Waals surface area (Å²) in [4.78, 5) is 2.70. The number of nitrogens with zero attached hydrogens (tertiary/aromatic N) is 1. The summed E-state index contributed by atoms with van der Waals surface area (Å²) < 4.78 is 0. The Labute approximate surface area is 156 Å². The van der Waals surface area contributed by atoms with Crippen molar-refractivity contribution in [3.8, 4) is 0 Å². The summed E-state index contributed by atoms with van der Waals surface area (Å²) in [6, 6.07) is 32.0. The minimum atomic E-state index is 0.425. The van der Waals surface area contributed by atoms with Crippen molar-refractivity contribution in [2.24, 2.45) is 0 Å². The van der Waals surface area contributed by atoms with Crippen molar-refractivity contribution in [2.75, 3.05) is 11.4 Å². The van der Waals surface area contributed by atoms with Gasteiger partial charge < -0.3 is 4.90 Å². The van der Waals surface area contributed by atoms with E-state index < -0.39 is 0 Å². The van der Waals surface area contributed by atoms with Crippen LogP contribution in [0.5, 0.6) is 0 Å². The maximum Gasteiger partial charge on any atom is 0.0407 e. The largest absolute Gasteiger partial charge is 0.368 e. The van der Waals surface area contributed by atoms with E-state index in [-0.39, 0.29) is 0 Å². The van der Waals surface area contributed by atoms with E-state index in [1.54, 1.807) is 0 Å². The summed E-state index contributed by atoms with van der Waals surface area (Å²) in [5.74, 6) is 0.933. The SMILES string of the molecule is c1ccc([C@@H]2c3ccccc3N3CCCC[C@H]3[C@@H]2c2ccccc2)cc1. The predicted molar refractivity (Wildman–Crippen MR) is 109 cm³/mol. The Balaban J connectivity index is 1.74. The number of rotatable bonds is 2. The normalized spacial score (nSPS) is 24.6. The smallest absolute Gasteiger partial charge is 0.0407 e. The second-order valence-corrected chi connectivity index (χ2v) is 7.64. The van der Waals surface area contributed by atoms with Crippen LogP contribution in [0.25, 0.3) is 0 Å². The fourth-order valence-electron chi connectivity index (χ4n) is 5.19. The molecule has 1 saturated heterocycles. The van der Waals surface area contributed by atoms with Crippen molar-refractivity contribution >= 4 is 5.69 Å². The highest BCUT2D eigenvalue weighted by atomic mass is 15.2. The first kappa shape index (κ1) is 15.7. The van der Waals surface area contributed by atoms with Gasteiger partial charge in [-0.3, -0.25) is 0 Å². The van der Waals surface area contributed by atoms with Crippen LogP contribution >= 0.6 is 0 Å². The van der Waals surface area contributed by atoms with E-state index in [0.29, 0.717) is 17.9 Å². The van der Waals surface area contributed by atoms with Crippen molar-refractivity contribution in [2.45, 2.75) is 37.1 Å². The van der Waals surface area contributed by atoms with Crippen LogP contribution in [0.4, 0.5) is 5.69 Å². The van der Waals surface area contributed by atoms with Crippen LogP contribution < -0.4 is 4.90 Å². The molecule has 2 heterocycles. The van der Waals surface area contributed by atoms with Crippen LogP contribution in [0, 0.1) is 0 Å². The van der Waals surface area contributed by atoms with Gasteiger partial charge in [-0.05, 0) is 42.0 Å². The van der Waals surface area contributed by atoms with E-state index in [1.165, 1.54) is 48.2 Å². The van der Waals surface area contributed by atoms with Gasteiger partial charge in [-0.1, -0.05) is 78.9 Å². The molecule has 3 atom stereocenters. The molecule has 0 unspecified atom stereocenters. The molecule has 1 heteroatoms. The van der Waals surface area contributed by atoms with E-state index in [9.17, 15) is 0 Å². The quantitative estimate of drug-likeness (QED) is 0.555. The number of piperidine rings is 1. The van der Waals surface area contributed by atoms with Gasteiger partial charge in [-0.15, -0.1) is 0 Å². The van der Waals surface area contributed by atoms with Crippen molar-refractivity contribution in [3.63, 3.8) is 0 Å². The Hall–Kier alpha value is -2.54. The molecule has 3 aromatic rings. The van der Waals surface area contributed by atoms with Gasteiger partial charge in [-0.2, -0.15) is 0 Å². The zero-order valence-corrected chi connectivity index (χ0v) is 15.1. The van der Waals surface area contributed by atoms with Gasteiger partial charge in [0.25, 0.3) is 0 Å². The van der Waals surface area contributed by atoms with Crippen LogP contribution in [0.15, 0.2) is 84.9 Å². The molecular weight excluding hydrogens is 314 g/mol. The highest BCUT2D eigenvalue weighted by Crippen LogP contribution is 2.52. The number of para-hydroxylation sites is 1. The number of hydrogen-bond acceptors (Lipinski definition) is 1. The first-order valence-electron chi connectivity index (χ1n) is 9.89. The Morgan fingerprint density at radius 2 is 1.31 bits per heavy atom. The summed E-state index contributed by atoms with van der Waals surface area (Å²) in [6.07, 6.45) is 3.94. The Morgan fingerprint density at radius 1 is 0.654 bits per heavy atom. The van der Waals surface area contributed by atoms with Crippen LogP contribution in [0.3, 0.4) is 0 Å². The number of anilines is 1. The lowest BCUT2D eigenvalue weighted by molar-refractivity contribution is 0.362. The lowest BCUT2D eigenvalue weighted by Gasteiger charge is -2.50. The Morgan fingerprint density at radius 3 is 2.08 bits per heavy atom. The second kappa shape index (κ2) is 6.64. The summed E-state index contributed by atoms with van der Waals surface area (Å²) in [5, 5.41) is 0. The van der Waals surface area contributed by atoms with Gasteiger partial charge in [-0.25, -0.2) is 0 Å². The molecule has 0 N–H and O–H groups in total. The van der Waals surface area contributed by atoms with Crippen LogP contribution in [0.2, 0.25) is 0 Å². The van der Waals surface area contributed by atoms with E-state index in [1.807, 2.05) is 0 Å². The van der Waals surface area contributed by atoms with Crippen LogP contribution in [-0.2, 0) is 0 Å². The second-order valence-electron chi connectivity index (χ2n) is 7.64. The van der Waals surface area contributed by atoms with Crippen molar-refractivity contribution in [3.05, 3.63) is 102 Å². The Bertz CT molecular complexity index is 871. The van der Waals surface area contributed by atoms with Crippen LogP contribution in [-0.4, -0.2) is 12.6 Å². The molecule has 0 radical (unpaired) electrons. The third-order valence-corrected chi connectivity index (χ3v) is 6.25.